The molecule has 2 aromatic rings. The second kappa shape index (κ2) is 7.13. The van der Waals surface area contributed by atoms with Gasteiger partial charge in [-0.2, -0.15) is 0 Å². The molecule has 0 bridgehead atoms. The van der Waals surface area contributed by atoms with Crippen LogP contribution in [0.3, 0.4) is 0 Å². The average Bonchev–Trinajstić information content (AvgIpc) is 3.04. The van der Waals surface area contributed by atoms with Crippen molar-refractivity contribution in [2.45, 2.75) is 31.3 Å². The minimum Gasteiger partial charge on any atom is -0.493 e. The summed E-state index contributed by atoms with van der Waals surface area (Å²) in [5.74, 6) is 1.72. The molecule has 1 aliphatic rings. The van der Waals surface area contributed by atoms with Gasteiger partial charge in [0.1, 0.15) is 5.76 Å². The van der Waals surface area contributed by atoms with Gasteiger partial charge in [0.15, 0.2) is 11.3 Å². The van der Waals surface area contributed by atoms with E-state index >= 15 is 0 Å². The van der Waals surface area contributed by atoms with E-state index in [1.54, 1.807) is 7.11 Å². The molecule has 1 unspecified atom stereocenters. The third kappa shape index (κ3) is 3.29. The summed E-state index contributed by atoms with van der Waals surface area (Å²) >= 11 is 0. The van der Waals surface area contributed by atoms with Gasteiger partial charge in [0.05, 0.1) is 13.2 Å². The molecule has 0 saturated carbocycles. The van der Waals surface area contributed by atoms with Crippen molar-refractivity contribution in [1.29, 1.82) is 0 Å². The van der Waals surface area contributed by atoms with E-state index in [0.29, 0.717) is 0 Å². The van der Waals surface area contributed by atoms with E-state index in [4.69, 9.17) is 13.9 Å². The van der Waals surface area contributed by atoms with Crippen molar-refractivity contribution in [1.82, 2.24) is 10.2 Å². The number of benzene rings is 1. The van der Waals surface area contributed by atoms with E-state index in [9.17, 15) is 0 Å². The summed E-state index contributed by atoms with van der Waals surface area (Å²) in [7, 11) is 5.98. The fraction of sp³-hybridized carbons (Fsp3) is 0.579. The van der Waals surface area contributed by atoms with E-state index in [0.717, 1.165) is 55.1 Å². The van der Waals surface area contributed by atoms with Crippen molar-refractivity contribution in [3.05, 3.63) is 30.0 Å². The van der Waals surface area contributed by atoms with Gasteiger partial charge in [0, 0.05) is 30.7 Å². The maximum absolute atomic E-state index is 6.06. The van der Waals surface area contributed by atoms with Gasteiger partial charge in [-0.25, -0.2) is 0 Å². The van der Waals surface area contributed by atoms with E-state index in [2.05, 4.69) is 43.4 Å². The fourth-order valence-electron chi connectivity index (χ4n) is 3.41. The van der Waals surface area contributed by atoms with Crippen LogP contribution in [0, 0.1) is 0 Å². The monoisotopic (exact) mass is 332 g/mol. The van der Waals surface area contributed by atoms with Crippen molar-refractivity contribution in [2.75, 3.05) is 41.0 Å². The lowest BCUT2D eigenvalue weighted by atomic mass is 9.88. The predicted molar refractivity (Wildman–Crippen MR) is 95.7 cm³/mol. The number of fused-ring (bicyclic) bond motifs is 1. The normalized spacial score (nSPS) is 18.9. The van der Waals surface area contributed by atoms with Crippen molar-refractivity contribution in [2.24, 2.45) is 0 Å². The largest absolute Gasteiger partial charge is 0.493 e. The number of hydrogen-bond acceptors (Lipinski definition) is 5. The summed E-state index contributed by atoms with van der Waals surface area (Å²) in [5, 5.41) is 4.73. The highest BCUT2D eigenvalue weighted by Gasteiger charge is 2.35. The zero-order valence-electron chi connectivity index (χ0n) is 15.1. The van der Waals surface area contributed by atoms with Crippen LogP contribution in [-0.2, 0) is 4.74 Å². The van der Waals surface area contributed by atoms with Gasteiger partial charge in [0.25, 0.3) is 0 Å². The van der Waals surface area contributed by atoms with E-state index in [-0.39, 0.29) is 11.6 Å². The molecule has 0 radical (unpaired) electrons. The molecule has 5 heteroatoms. The molecule has 0 amide bonds. The summed E-state index contributed by atoms with van der Waals surface area (Å²) in [6.07, 6.45) is 2.10. The van der Waals surface area contributed by atoms with Crippen molar-refractivity contribution in [3.63, 3.8) is 0 Å². The van der Waals surface area contributed by atoms with Gasteiger partial charge >= 0.3 is 0 Å². The molecule has 2 heterocycles. The van der Waals surface area contributed by atoms with Crippen LogP contribution in [0.15, 0.2) is 28.7 Å². The molecular weight excluding hydrogens is 304 g/mol. The molecule has 1 atom stereocenters. The summed E-state index contributed by atoms with van der Waals surface area (Å²) < 4.78 is 17.0. The molecule has 0 spiro atoms. The van der Waals surface area contributed by atoms with Crippen LogP contribution in [-0.4, -0.2) is 51.4 Å². The molecule has 1 aromatic heterocycles. The van der Waals surface area contributed by atoms with Gasteiger partial charge in [-0.05, 0) is 46.0 Å². The Morgan fingerprint density at radius 1 is 1.29 bits per heavy atom. The average molecular weight is 332 g/mol. The third-order valence-corrected chi connectivity index (χ3v) is 5.28. The number of rotatable bonds is 6. The Bertz CT molecular complexity index is 674. The lowest BCUT2D eigenvalue weighted by Crippen LogP contribution is -2.55. The van der Waals surface area contributed by atoms with Gasteiger partial charge < -0.3 is 24.1 Å². The maximum atomic E-state index is 6.06. The van der Waals surface area contributed by atoms with Crippen LogP contribution >= 0.6 is 0 Å². The summed E-state index contributed by atoms with van der Waals surface area (Å²) in [6, 6.07) is 8.21. The lowest BCUT2D eigenvalue weighted by Gasteiger charge is -2.43. The van der Waals surface area contributed by atoms with E-state index in [1.165, 1.54) is 0 Å². The van der Waals surface area contributed by atoms with Gasteiger partial charge in [-0.1, -0.05) is 12.1 Å². The zero-order chi connectivity index (χ0) is 17.2. The standard InChI is InChI=1S/C19H28N2O3/c1-14(20-13-19(21(2)3)8-10-23-11-9-19)17-12-15-6-5-7-16(22-4)18(15)24-17/h5-7,12,14,20H,8-11,13H2,1-4H3. The first-order valence-electron chi connectivity index (χ1n) is 8.61. The summed E-state index contributed by atoms with van der Waals surface area (Å²) in [6.45, 7) is 4.72. The van der Waals surface area contributed by atoms with Crippen LogP contribution < -0.4 is 10.1 Å². The first-order valence-corrected chi connectivity index (χ1v) is 8.61. The van der Waals surface area contributed by atoms with Crippen molar-refractivity contribution in [3.8, 4) is 5.75 Å². The lowest BCUT2D eigenvalue weighted by molar-refractivity contribution is -0.00829. The van der Waals surface area contributed by atoms with Crippen LogP contribution in [0.1, 0.15) is 31.6 Å². The van der Waals surface area contributed by atoms with E-state index < -0.39 is 0 Å². The van der Waals surface area contributed by atoms with Crippen LogP contribution in [0.25, 0.3) is 11.0 Å². The number of nitrogens with zero attached hydrogens (tertiary/aromatic N) is 1. The quantitative estimate of drug-likeness (QED) is 0.880. The number of furan rings is 1. The van der Waals surface area contributed by atoms with Gasteiger partial charge in [0.2, 0.25) is 0 Å². The Hall–Kier alpha value is -1.56. The first kappa shape index (κ1) is 17.3. The molecule has 0 aliphatic carbocycles. The minimum absolute atomic E-state index is 0.141. The molecule has 3 rings (SSSR count). The molecule has 1 aromatic carbocycles. The molecular formula is C19H28N2O3. The SMILES string of the molecule is COc1cccc2cc(C(C)NCC3(N(C)C)CCOCC3)oc12. The van der Waals surface area contributed by atoms with Crippen molar-refractivity contribution < 1.29 is 13.9 Å². The number of nitrogens with one attached hydrogen (secondary N) is 1. The highest BCUT2D eigenvalue weighted by atomic mass is 16.5. The Morgan fingerprint density at radius 2 is 2.04 bits per heavy atom. The molecule has 132 valence electrons. The molecule has 1 fully saturated rings. The molecule has 24 heavy (non-hydrogen) atoms. The maximum Gasteiger partial charge on any atom is 0.176 e. The number of para-hydroxylation sites is 1. The highest BCUT2D eigenvalue weighted by Crippen LogP contribution is 2.31. The fourth-order valence-corrected chi connectivity index (χ4v) is 3.41. The second-order valence-corrected chi connectivity index (χ2v) is 6.86. The second-order valence-electron chi connectivity index (χ2n) is 6.86. The Balaban J connectivity index is 1.73. The molecule has 1 aliphatic heterocycles. The van der Waals surface area contributed by atoms with Crippen LogP contribution in [0.4, 0.5) is 0 Å². The first-order chi connectivity index (χ1) is 11.6. The highest BCUT2D eigenvalue weighted by molar-refractivity contribution is 5.83. The minimum atomic E-state index is 0.141. The summed E-state index contributed by atoms with van der Waals surface area (Å²) in [4.78, 5) is 2.33. The number of hydrogen-bond donors (Lipinski definition) is 1. The van der Waals surface area contributed by atoms with E-state index in [1.807, 2.05) is 12.1 Å². The Labute approximate surface area is 143 Å². The van der Waals surface area contributed by atoms with Crippen molar-refractivity contribution >= 4 is 11.0 Å². The number of likely N-dealkylation sites (N-methyl/N-ethyl adjacent to an activating group) is 1. The van der Waals surface area contributed by atoms with Gasteiger partial charge in [-0.15, -0.1) is 0 Å². The Kier molecular flexibility index (Phi) is 5.13. The third-order valence-electron chi connectivity index (χ3n) is 5.28. The topological polar surface area (TPSA) is 46.9 Å². The molecule has 1 saturated heterocycles. The van der Waals surface area contributed by atoms with Crippen LogP contribution in [0.2, 0.25) is 0 Å². The summed E-state index contributed by atoms with van der Waals surface area (Å²) in [5.41, 5.74) is 0.966. The number of ether oxygens (including phenoxy) is 2. The molecule has 1 N–H and O–H groups in total. The van der Waals surface area contributed by atoms with Crippen LogP contribution in [0.5, 0.6) is 5.75 Å². The molecule has 5 nitrogen and oxygen atoms in total. The number of methoxy groups -OCH3 is 1. The zero-order valence-corrected chi connectivity index (χ0v) is 15.1. The Morgan fingerprint density at radius 3 is 2.71 bits per heavy atom. The predicted octanol–water partition coefficient (Wildman–Crippen LogP) is 3.20. The smallest absolute Gasteiger partial charge is 0.176 e. The van der Waals surface area contributed by atoms with Gasteiger partial charge in [-0.3, -0.25) is 0 Å².